The van der Waals surface area contributed by atoms with Crippen molar-refractivity contribution in [1.29, 1.82) is 0 Å². The van der Waals surface area contributed by atoms with Gasteiger partial charge in [0.05, 0.1) is 30.2 Å². The molecule has 1 aliphatic rings. The van der Waals surface area contributed by atoms with E-state index in [9.17, 15) is 0 Å². The highest BCUT2D eigenvalue weighted by Gasteiger charge is 2.27. The Balaban J connectivity index is 1.78. The summed E-state index contributed by atoms with van der Waals surface area (Å²) < 4.78 is 7.47. The van der Waals surface area contributed by atoms with E-state index in [1.54, 1.807) is 13.3 Å². The van der Waals surface area contributed by atoms with E-state index in [0.717, 1.165) is 27.9 Å². The smallest absolute Gasteiger partial charge is 0.228 e. The van der Waals surface area contributed by atoms with Crippen LogP contribution in [0.15, 0.2) is 54.7 Å². The number of hydrogen-bond donors (Lipinski definition) is 1. The monoisotopic (exact) mass is 411 g/mol. The number of nitrogens with zero attached hydrogens (tertiary/aromatic N) is 4. The third-order valence-electron chi connectivity index (χ3n) is 5.56. The highest BCUT2D eigenvalue weighted by Crippen LogP contribution is 2.41. The lowest BCUT2D eigenvalue weighted by Crippen LogP contribution is -2.32. The number of aryl methyl sites for hydroxylation is 1. The van der Waals surface area contributed by atoms with Crippen molar-refractivity contribution in [1.82, 2.24) is 19.7 Å². The quantitative estimate of drug-likeness (QED) is 0.488. The Kier molecular flexibility index (Phi) is 4.32. The molecule has 1 aliphatic heterocycles. The van der Waals surface area contributed by atoms with Gasteiger partial charge in [-0.2, -0.15) is 10.1 Å². The number of hydrogen-bond acceptors (Lipinski definition) is 5. The van der Waals surface area contributed by atoms with Crippen LogP contribution in [0.4, 0.5) is 5.69 Å². The normalized spacial score (nSPS) is 14.7. The Hall–Kier alpha value is -3.67. The molecule has 6 heteroatoms. The number of para-hydroxylation sites is 1. The van der Waals surface area contributed by atoms with Crippen LogP contribution in [0.3, 0.4) is 0 Å². The van der Waals surface area contributed by atoms with E-state index in [4.69, 9.17) is 14.7 Å². The molecule has 6 nitrogen and oxygen atoms in total. The predicted molar refractivity (Wildman–Crippen MR) is 125 cm³/mol. The molecule has 3 heterocycles. The van der Waals surface area contributed by atoms with Crippen molar-refractivity contribution in [3.8, 4) is 23.0 Å². The van der Waals surface area contributed by atoms with E-state index < -0.39 is 0 Å². The third kappa shape index (κ3) is 3.24. The molecule has 0 radical (unpaired) electrons. The number of benzene rings is 2. The fourth-order valence-corrected chi connectivity index (χ4v) is 4.30. The van der Waals surface area contributed by atoms with Gasteiger partial charge >= 0.3 is 0 Å². The number of rotatable bonds is 3. The number of anilines is 1. The molecule has 2 aromatic heterocycles. The van der Waals surface area contributed by atoms with Gasteiger partial charge in [-0.3, -0.25) is 0 Å². The standard InChI is InChI=1S/C25H25N5O/c1-15-11-18-16(2)13-25(3,4)29-21(18)19(12-15)22-27-23-20(24(28-22)31-5)14-26-30(23)17-9-7-6-8-10-17/h6-14,29H,1-5H3. The van der Waals surface area contributed by atoms with Gasteiger partial charge < -0.3 is 10.1 Å². The second-order valence-corrected chi connectivity index (χ2v) is 8.59. The van der Waals surface area contributed by atoms with Crippen molar-refractivity contribution in [2.45, 2.75) is 33.2 Å². The Bertz CT molecular complexity index is 1340. The summed E-state index contributed by atoms with van der Waals surface area (Å²) in [6, 6.07) is 14.3. The van der Waals surface area contributed by atoms with Crippen molar-refractivity contribution in [3.05, 3.63) is 65.9 Å². The molecule has 0 aliphatic carbocycles. The second kappa shape index (κ2) is 6.94. The van der Waals surface area contributed by atoms with Crippen molar-refractivity contribution in [2.75, 3.05) is 12.4 Å². The summed E-state index contributed by atoms with van der Waals surface area (Å²) in [4.78, 5) is 9.73. The predicted octanol–water partition coefficient (Wildman–Crippen LogP) is 5.41. The minimum Gasteiger partial charge on any atom is -0.480 e. The number of fused-ring (bicyclic) bond motifs is 2. The summed E-state index contributed by atoms with van der Waals surface area (Å²) in [6.45, 7) is 8.58. The Morgan fingerprint density at radius 2 is 1.74 bits per heavy atom. The van der Waals surface area contributed by atoms with Crippen LogP contribution in [0.1, 0.15) is 31.9 Å². The van der Waals surface area contributed by atoms with Crippen LogP contribution in [0.5, 0.6) is 5.88 Å². The average Bonchev–Trinajstić information content (AvgIpc) is 3.17. The molecule has 31 heavy (non-hydrogen) atoms. The van der Waals surface area contributed by atoms with Gasteiger partial charge in [0.1, 0.15) is 5.39 Å². The van der Waals surface area contributed by atoms with Gasteiger partial charge in [0.25, 0.3) is 0 Å². The molecule has 0 bridgehead atoms. The van der Waals surface area contributed by atoms with Gasteiger partial charge in [0.15, 0.2) is 11.5 Å². The molecular weight excluding hydrogens is 386 g/mol. The second-order valence-electron chi connectivity index (χ2n) is 8.59. The molecule has 0 fully saturated rings. The van der Waals surface area contributed by atoms with Crippen molar-refractivity contribution < 1.29 is 4.74 Å². The molecule has 156 valence electrons. The number of ether oxygens (including phenoxy) is 1. The first-order valence-electron chi connectivity index (χ1n) is 10.3. The van der Waals surface area contributed by atoms with E-state index in [-0.39, 0.29) is 5.54 Å². The lowest BCUT2D eigenvalue weighted by Gasteiger charge is -2.33. The molecule has 4 aromatic rings. The lowest BCUT2D eigenvalue weighted by molar-refractivity contribution is 0.403. The lowest BCUT2D eigenvalue weighted by atomic mass is 9.88. The van der Waals surface area contributed by atoms with Crippen LogP contribution < -0.4 is 10.1 Å². The summed E-state index contributed by atoms with van der Waals surface area (Å²) in [7, 11) is 1.63. The molecule has 0 atom stereocenters. The summed E-state index contributed by atoms with van der Waals surface area (Å²) in [5.74, 6) is 1.12. The minimum absolute atomic E-state index is 0.166. The van der Waals surface area contributed by atoms with Crippen LogP contribution >= 0.6 is 0 Å². The number of methoxy groups -OCH3 is 1. The van der Waals surface area contributed by atoms with E-state index in [1.165, 1.54) is 11.1 Å². The number of nitrogens with one attached hydrogen (secondary N) is 1. The van der Waals surface area contributed by atoms with Crippen LogP contribution in [0, 0.1) is 6.92 Å². The van der Waals surface area contributed by atoms with E-state index in [1.807, 2.05) is 35.0 Å². The zero-order chi connectivity index (χ0) is 21.8. The molecule has 0 saturated heterocycles. The van der Waals surface area contributed by atoms with Crippen LogP contribution in [0.2, 0.25) is 0 Å². The van der Waals surface area contributed by atoms with Gasteiger partial charge in [-0.1, -0.05) is 24.3 Å². The SMILES string of the molecule is COc1nc(-c2cc(C)cc3c2NC(C)(C)C=C3C)nc2c1cnn2-c1ccccc1. The van der Waals surface area contributed by atoms with Crippen LogP contribution in [-0.2, 0) is 0 Å². The summed E-state index contributed by atoms with van der Waals surface area (Å²) >= 11 is 0. The van der Waals surface area contributed by atoms with Crippen molar-refractivity contribution >= 4 is 22.3 Å². The highest BCUT2D eigenvalue weighted by molar-refractivity contribution is 5.91. The first-order chi connectivity index (χ1) is 14.9. The summed E-state index contributed by atoms with van der Waals surface area (Å²) in [5, 5.41) is 9.00. The van der Waals surface area contributed by atoms with Gasteiger partial charge in [0, 0.05) is 11.1 Å². The van der Waals surface area contributed by atoms with Gasteiger partial charge in [-0.25, -0.2) is 9.67 Å². The molecule has 0 amide bonds. The Morgan fingerprint density at radius 1 is 1.00 bits per heavy atom. The largest absolute Gasteiger partial charge is 0.480 e. The summed E-state index contributed by atoms with van der Waals surface area (Å²) in [5.41, 5.74) is 7.06. The molecule has 1 N–H and O–H groups in total. The number of allylic oxidation sites excluding steroid dienone is 1. The average molecular weight is 412 g/mol. The Labute approximate surface area is 181 Å². The maximum absolute atomic E-state index is 5.64. The van der Waals surface area contributed by atoms with Crippen molar-refractivity contribution in [2.24, 2.45) is 0 Å². The van der Waals surface area contributed by atoms with Crippen molar-refractivity contribution in [3.63, 3.8) is 0 Å². The molecular formula is C25H25N5O. The fraction of sp³-hybridized carbons (Fsp3) is 0.240. The van der Waals surface area contributed by atoms with Gasteiger partial charge in [-0.15, -0.1) is 0 Å². The van der Waals surface area contributed by atoms with E-state index >= 15 is 0 Å². The molecule has 5 rings (SSSR count). The van der Waals surface area contributed by atoms with Gasteiger partial charge in [0.2, 0.25) is 5.88 Å². The topological polar surface area (TPSA) is 64.9 Å². The first-order valence-corrected chi connectivity index (χ1v) is 10.3. The zero-order valence-electron chi connectivity index (χ0n) is 18.4. The fourth-order valence-electron chi connectivity index (χ4n) is 4.30. The van der Waals surface area contributed by atoms with Gasteiger partial charge in [-0.05, 0) is 63.1 Å². The van der Waals surface area contributed by atoms with Crippen LogP contribution in [0.25, 0.3) is 33.7 Å². The maximum atomic E-state index is 5.64. The molecule has 0 saturated carbocycles. The number of aromatic nitrogens is 4. The molecule has 2 aromatic carbocycles. The molecule has 0 spiro atoms. The summed E-state index contributed by atoms with van der Waals surface area (Å²) in [6.07, 6.45) is 4.01. The minimum atomic E-state index is -0.166. The Morgan fingerprint density at radius 3 is 2.48 bits per heavy atom. The maximum Gasteiger partial charge on any atom is 0.228 e. The van der Waals surface area contributed by atoms with Crippen LogP contribution in [-0.4, -0.2) is 32.4 Å². The zero-order valence-corrected chi connectivity index (χ0v) is 18.4. The van der Waals surface area contributed by atoms with E-state index in [0.29, 0.717) is 17.4 Å². The highest BCUT2D eigenvalue weighted by atomic mass is 16.5. The first kappa shape index (κ1) is 19.3. The third-order valence-corrected chi connectivity index (χ3v) is 5.56. The van der Waals surface area contributed by atoms with E-state index in [2.05, 4.69) is 56.3 Å². The molecule has 0 unspecified atom stereocenters.